The Morgan fingerprint density at radius 1 is 0.605 bits per heavy atom. The Morgan fingerprint density at radius 2 is 0.895 bits per heavy atom. The van der Waals surface area contributed by atoms with Crippen molar-refractivity contribution in [2.45, 2.75) is 17.4 Å². The molecular weight excluding hydrogens is 577 g/mol. The summed E-state index contributed by atoms with van der Waals surface area (Å²) in [6.45, 7) is -6.32. The molecule has 0 unspecified atom stereocenters. The summed E-state index contributed by atoms with van der Waals surface area (Å²) in [5.74, 6) is 0. The number of rotatable bonds is 9. The zero-order valence-corrected chi connectivity index (χ0v) is 22.0. The zero-order valence-electron chi connectivity index (χ0n) is 19.5. The zero-order chi connectivity index (χ0) is 28.5. The Morgan fingerprint density at radius 3 is 1.13 bits per heavy atom. The Kier molecular flexibility index (Phi) is 8.09. The molecule has 0 saturated carbocycles. The summed E-state index contributed by atoms with van der Waals surface area (Å²) in [5.41, 5.74) is -7.16. The number of halogens is 6. The van der Waals surface area contributed by atoms with Gasteiger partial charge < -0.3 is 0 Å². The summed E-state index contributed by atoms with van der Waals surface area (Å²) in [7, 11) is -14.5. The third-order valence-electron chi connectivity index (χ3n) is 6.09. The van der Waals surface area contributed by atoms with Crippen LogP contribution < -0.4 is 21.6 Å². The van der Waals surface area contributed by atoms with E-state index in [-0.39, 0.29) is 28.9 Å². The molecule has 0 fully saturated rings. The second kappa shape index (κ2) is 10.2. The van der Waals surface area contributed by atoms with E-state index in [1.165, 1.54) is 54.6 Å². The van der Waals surface area contributed by atoms with Crippen LogP contribution in [-0.2, 0) is 20.0 Å². The fourth-order valence-corrected chi connectivity index (χ4v) is 18.7. The van der Waals surface area contributed by atoms with E-state index in [0.717, 1.165) is 36.4 Å². The molecule has 0 bridgehead atoms. The molecule has 0 heterocycles. The molecule has 0 aliphatic heterocycles. The topological polar surface area (TPSA) is 97.5 Å². The predicted octanol–water partition coefficient (Wildman–Crippen LogP) is 3.78. The number of alkyl halides is 6. The average Bonchev–Trinajstić information content (AvgIpc) is 2.86. The average molecular weight is 601 g/mol. The van der Waals surface area contributed by atoms with Crippen molar-refractivity contribution in [2.24, 2.45) is 5.73 Å². The van der Waals surface area contributed by atoms with Crippen molar-refractivity contribution in [3.8, 4) is 0 Å². The van der Waals surface area contributed by atoms with Crippen LogP contribution in [0.3, 0.4) is 0 Å². The summed E-state index contributed by atoms with van der Waals surface area (Å²) in [6.07, 6.45) is -1.10. The van der Waals surface area contributed by atoms with E-state index in [9.17, 15) is 43.2 Å². The molecule has 0 aliphatic rings. The van der Waals surface area contributed by atoms with Gasteiger partial charge in [0.05, 0.1) is 0 Å². The first-order valence-electron chi connectivity index (χ1n) is 10.9. The molecular formula is C23H23F6N2O4PS2. The molecule has 0 aromatic heterocycles. The van der Waals surface area contributed by atoms with E-state index >= 15 is 0 Å². The summed E-state index contributed by atoms with van der Waals surface area (Å²) in [6, 6.07) is 18.8. The van der Waals surface area contributed by atoms with Crippen LogP contribution in [0.2, 0.25) is 0 Å². The first kappa shape index (κ1) is 30.0. The van der Waals surface area contributed by atoms with Gasteiger partial charge >= 0.3 is 216 Å². The molecule has 38 heavy (non-hydrogen) atoms. The summed E-state index contributed by atoms with van der Waals surface area (Å²) in [4.78, 5) is 0. The van der Waals surface area contributed by atoms with Crippen LogP contribution in [0.1, 0.15) is 6.42 Å². The summed E-state index contributed by atoms with van der Waals surface area (Å²) in [5, 5.41) is -1.03. The van der Waals surface area contributed by atoms with Crippen molar-refractivity contribution in [2.75, 3.05) is 12.7 Å². The Hall–Kier alpha value is -2.51. The van der Waals surface area contributed by atoms with Crippen LogP contribution in [-0.4, -0.2) is 44.0 Å². The van der Waals surface area contributed by atoms with Crippen LogP contribution in [0.25, 0.3) is 0 Å². The Bertz CT molecular complexity index is 1330. The Balaban J connectivity index is 2.88. The molecule has 6 nitrogen and oxygen atoms in total. The summed E-state index contributed by atoms with van der Waals surface area (Å²) < 4.78 is 138. The first-order chi connectivity index (χ1) is 17.6. The second-order valence-electron chi connectivity index (χ2n) is 8.20. The van der Waals surface area contributed by atoms with E-state index in [2.05, 4.69) is 0 Å². The molecule has 0 aliphatic carbocycles. The van der Waals surface area contributed by atoms with Gasteiger partial charge in [-0.1, -0.05) is 0 Å². The van der Waals surface area contributed by atoms with Crippen molar-refractivity contribution in [1.29, 1.82) is 0 Å². The molecule has 2 N–H and O–H groups in total. The normalized spacial score (nSPS) is 14.7. The van der Waals surface area contributed by atoms with Crippen LogP contribution >= 0.6 is 6.75 Å². The van der Waals surface area contributed by atoms with Gasteiger partial charge in [0.1, 0.15) is 0 Å². The molecule has 0 radical (unpaired) electrons. The first-order valence-corrected chi connectivity index (χ1v) is 16.2. The number of nitrogens with two attached hydrogens (primary N) is 1. The number of benzene rings is 3. The van der Waals surface area contributed by atoms with E-state index in [4.69, 9.17) is 5.73 Å². The predicted molar refractivity (Wildman–Crippen MR) is 135 cm³/mol. The number of hydrogen-bond donors (Lipinski definition) is 1. The number of hydrogen-bond acceptors (Lipinski definition) is 5. The van der Waals surface area contributed by atoms with E-state index in [0.29, 0.717) is 0 Å². The van der Waals surface area contributed by atoms with E-state index in [1.807, 2.05) is 0 Å². The molecule has 0 atom stereocenters. The molecule has 15 heteroatoms. The second-order valence-corrected chi connectivity index (χ2v) is 17.4. The van der Waals surface area contributed by atoms with Gasteiger partial charge in [-0.15, -0.1) is 0 Å². The van der Waals surface area contributed by atoms with Crippen LogP contribution in [0.4, 0.5) is 26.3 Å². The van der Waals surface area contributed by atoms with E-state index in [1.54, 1.807) is 0 Å². The third-order valence-corrected chi connectivity index (χ3v) is 18.9. The molecule has 3 aromatic rings. The molecule has 0 amide bonds. The SMILES string of the molecule is NCCCP(c1ccccc1)(c1ccccc1)(c1ccccc1)N(S(=O)(=O)C(F)(F)F)S(=O)(=O)C(F)(F)F. The van der Waals surface area contributed by atoms with Crippen LogP contribution in [0, 0.1) is 0 Å². The van der Waals surface area contributed by atoms with E-state index < -0.39 is 47.5 Å². The van der Waals surface area contributed by atoms with Gasteiger partial charge in [-0.3, -0.25) is 0 Å². The molecule has 3 rings (SSSR count). The monoisotopic (exact) mass is 600 g/mol. The van der Waals surface area contributed by atoms with Crippen molar-refractivity contribution < 1.29 is 43.2 Å². The van der Waals surface area contributed by atoms with Crippen molar-refractivity contribution in [1.82, 2.24) is 3.48 Å². The van der Waals surface area contributed by atoms with Crippen molar-refractivity contribution in [3.63, 3.8) is 0 Å². The van der Waals surface area contributed by atoms with Gasteiger partial charge in [-0.2, -0.15) is 0 Å². The van der Waals surface area contributed by atoms with Gasteiger partial charge in [0, 0.05) is 0 Å². The number of sulfonamides is 2. The van der Waals surface area contributed by atoms with Gasteiger partial charge in [0.2, 0.25) is 0 Å². The summed E-state index contributed by atoms with van der Waals surface area (Å²) >= 11 is 0. The standard InChI is InChI=1S/C23H23F6N2O4PS2/c24-22(25,26)37(32,33)31(38(34,35)23(27,28)29)36(18-10-17-30,19-11-4-1-5-12-19,20-13-6-2-7-14-20)21-15-8-3-9-16-21/h1-9,11-16H,10,17-18,30H2. The molecule has 208 valence electrons. The fraction of sp³-hybridized carbons (Fsp3) is 0.217. The minimum atomic E-state index is -7.23. The molecule has 0 saturated heterocycles. The Labute approximate surface area is 216 Å². The van der Waals surface area contributed by atoms with Crippen molar-refractivity contribution >= 4 is 42.7 Å². The quantitative estimate of drug-likeness (QED) is 0.298. The van der Waals surface area contributed by atoms with Gasteiger partial charge in [-0.25, -0.2) is 0 Å². The third kappa shape index (κ3) is 4.41. The van der Waals surface area contributed by atoms with Gasteiger partial charge in [-0.05, 0) is 0 Å². The number of nitrogens with zero attached hydrogens (tertiary/aromatic N) is 1. The molecule has 3 aromatic carbocycles. The van der Waals surface area contributed by atoms with Gasteiger partial charge in [0.15, 0.2) is 0 Å². The minimum absolute atomic E-state index is 0.295. The maximum atomic E-state index is 14.3. The molecule has 0 spiro atoms. The maximum absolute atomic E-state index is 14.3. The van der Waals surface area contributed by atoms with Gasteiger partial charge in [0.25, 0.3) is 0 Å². The van der Waals surface area contributed by atoms with Crippen LogP contribution in [0.15, 0.2) is 91.0 Å². The van der Waals surface area contributed by atoms with Crippen LogP contribution in [0.5, 0.6) is 0 Å². The fourth-order valence-electron chi connectivity index (χ4n) is 4.63. The van der Waals surface area contributed by atoms with Crippen molar-refractivity contribution in [3.05, 3.63) is 91.0 Å².